The summed E-state index contributed by atoms with van der Waals surface area (Å²) in [6.45, 7) is 29.5. The highest BCUT2D eigenvalue weighted by Crippen LogP contribution is 2.28. The Morgan fingerprint density at radius 1 is 0.162 bits per heavy atom. The molecule has 0 N–H and O–H groups in total. The summed E-state index contributed by atoms with van der Waals surface area (Å²) in [6, 6.07) is 88.6. The number of hydrogen-bond acceptors (Lipinski definition) is 0. The minimum atomic E-state index is 1.29. The Labute approximate surface area is 449 Å². The van der Waals surface area contributed by atoms with Crippen LogP contribution >= 0.6 is 0 Å². The third-order valence-corrected chi connectivity index (χ3v) is 11.9. The lowest BCUT2D eigenvalue weighted by atomic mass is 9.95. The predicted molar refractivity (Wildman–Crippen MR) is 330 cm³/mol. The van der Waals surface area contributed by atoms with E-state index in [9.17, 15) is 0 Å². The topological polar surface area (TPSA) is 0 Å². The van der Waals surface area contributed by atoms with Crippen molar-refractivity contribution < 1.29 is 0 Å². The van der Waals surface area contributed by atoms with Crippen LogP contribution < -0.4 is 0 Å². The van der Waals surface area contributed by atoms with Crippen LogP contribution in [0.15, 0.2) is 255 Å². The molecule has 0 amide bonds. The third kappa shape index (κ3) is 23.6. The van der Waals surface area contributed by atoms with Gasteiger partial charge in [-0.05, 0) is 139 Å². The van der Waals surface area contributed by atoms with Crippen molar-refractivity contribution in [3.05, 3.63) is 322 Å². The second-order valence-corrected chi connectivity index (χ2v) is 18.6. The van der Waals surface area contributed by atoms with Gasteiger partial charge < -0.3 is 0 Å². The quantitative estimate of drug-likeness (QED) is 0.166. The second kappa shape index (κ2) is 34.5. The van der Waals surface area contributed by atoms with Crippen molar-refractivity contribution in [2.75, 3.05) is 0 Å². The smallest absolute Gasteiger partial charge is 0.0149 e. The van der Waals surface area contributed by atoms with Crippen LogP contribution in [0, 0.1) is 83.1 Å². The first-order chi connectivity index (χ1) is 35.7. The van der Waals surface area contributed by atoms with Crippen molar-refractivity contribution in [2.45, 2.75) is 96.9 Å². The Morgan fingerprint density at radius 2 is 0.365 bits per heavy atom. The summed E-state index contributed by atoms with van der Waals surface area (Å²) in [5, 5.41) is 0. The predicted octanol–water partition coefficient (Wildman–Crippen LogP) is 21.5. The molecule has 0 atom stereocenters. The molecule has 0 saturated carbocycles. The fraction of sp³-hybridized carbons (Fsp3) is 0.189. The molecule has 0 radical (unpaired) electrons. The molecule has 10 aromatic carbocycles. The first-order valence-corrected chi connectivity index (χ1v) is 26.2. The molecule has 0 bridgehead atoms. The van der Waals surface area contributed by atoms with Gasteiger partial charge in [-0.1, -0.05) is 313 Å². The fourth-order valence-electron chi connectivity index (χ4n) is 7.43. The van der Waals surface area contributed by atoms with Crippen LogP contribution in [0.1, 0.15) is 80.6 Å². The van der Waals surface area contributed by atoms with Gasteiger partial charge in [0.05, 0.1) is 0 Å². The molecule has 0 aliphatic heterocycles. The summed E-state index contributed by atoms with van der Waals surface area (Å²) < 4.78 is 0. The monoisotopic (exact) mass is 973 g/mol. The van der Waals surface area contributed by atoms with Gasteiger partial charge in [0.1, 0.15) is 0 Å². The molecule has 74 heavy (non-hydrogen) atoms. The van der Waals surface area contributed by atoms with Crippen molar-refractivity contribution in [1.82, 2.24) is 0 Å². The lowest BCUT2D eigenvalue weighted by Gasteiger charge is -2.09. The highest BCUT2D eigenvalue weighted by atomic mass is 14.1. The van der Waals surface area contributed by atoms with Crippen molar-refractivity contribution >= 4 is 0 Å². The molecule has 0 aliphatic carbocycles. The normalized spacial score (nSPS) is 9.49. The molecule has 0 heterocycles. The average Bonchev–Trinajstić information content (AvgIpc) is 3.41. The molecule has 0 spiro atoms. The van der Waals surface area contributed by atoms with Crippen LogP contribution in [-0.4, -0.2) is 0 Å². The summed E-state index contributed by atoms with van der Waals surface area (Å²) in [5.74, 6) is 0. The third-order valence-electron chi connectivity index (χ3n) is 11.9. The summed E-state index contributed by atoms with van der Waals surface area (Å²) in [7, 11) is 0. The Morgan fingerprint density at radius 3 is 0.595 bits per heavy atom. The minimum absolute atomic E-state index is 1.29. The van der Waals surface area contributed by atoms with E-state index >= 15 is 0 Å². The Kier molecular flexibility index (Phi) is 28.2. The van der Waals surface area contributed by atoms with Gasteiger partial charge in [-0.2, -0.15) is 0 Å². The van der Waals surface area contributed by atoms with E-state index in [2.05, 4.69) is 265 Å². The molecule has 10 rings (SSSR count). The Hall–Kier alpha value is -7.80. The molecule has 0 saturated heterocycles. The summed E-state index contributed by atoms with van der Waals surface area (Å²) in [5.41, 5.74) is 23.9. The first-order valence-electron chi connectivity index (χ1n) is 26.2. The van der Waals surface area contributed by atoms with E-state index in [1.165, 1.54) is 100 Å². The van der Waals surface area contributed by atoms with E-state index in [0.717, 1.165) is 0 Å². The van der Waals surface area contributed by atoms with E-state index in [-0.39, 0.29) is 0 Å². The van der Waals surface area contributed by atoms with Gasteiger partial charge in [0, 0.05) is 0 Å². The Balaban J connectivity index is 0.000000233. The number of benzene rings is 10. The van der Waals surface area contributed by atoms with Gasteiger partial charge in [0.15, 0.2) is 0 Å². The number of aryl methyl sites for hydroxylation is 12. The van der Waals surface area contributed by atoms with Gasteiger partial charge in [0.2, 0.25) is 0 Å². The van der Waals surface area contributed by atoms with Gasteiger partial charge >= 0.3 is 0 Å². The van der Waals surface area contributed by atoms with Gasteiger partial charge in [-0.25, -0.2) is 0 Å². The number of hydrogen-bond donors (Lipinski definition) is 0. The van der Waals surface area contributed by atoms with E-state index in [4.69, 9.17) is 0 Å². The largest absolute Gasteiger partial charge is 0.0683 e. The molecular weight excluding hydrogens is 889 g/mol. The molecular formula is C74H84. The van der Waals surface area contributed by atoms with Gasteiger partial charge in [-0.3, -0.25) is 0 Å². The Bertz CT molecular complexity index is 2730. The summed E-state index contributed by atoms with van der Waals surface area (Å²) in [4.78, 5) is 0. The highest BCUT2D eigenvalue weighted by molar-refractivity contribution is 5.72. The lowest BCUT2D eigenvalue weighted by Crippen LogP contribution is -1.87. The number of rotatable bonds is 3. The maximum Gasteiger partial charge on any atom is -0.0149 e. The molecule has 0 unspecified atom stereocenters. The molecule has 380 valence electrons. The molecule has 10 aromatic rings. The molecule has 0 aromatic heterocycles. The van der Waals surface area contributed by atoms with E-state index < -0.39 is 0 Å². The molecule has 0 nitrogen and oxygen atoms in total. The van der Waals surface area contributed by atoms with Crippen LogP contribution in [-0.2, 0) is 0 Å². The lowest BCUT2D eigenvalue weighted by molar-refractivity contribution is 1.37. The van der Waals surface area contributed by atoms with Gasteiger partial charge in [0.25, 0.3) is 0 Å². The second-order valence-electron chi connectivity index (χ2n) is 18.6. The maximum atomic E-state index is 2.26. The SMILES string of the molecule is CC.Cc1ccc(-c2ccc(C)cc2)cc1.Cc1ccc(C)c(-c2ccccc2C)c1.Cc1ccc(C)c(-c2ccccc2C)c1.Cc1ccccc1.Cc1ccccc1.Cc1ccccc1.Cc1ccccc1. The standard InChI is InChI=1S/2C15H16.C14H14.4C7H8.C2H6/c2*1-11-8-9-13(3)15(10-11)14-7-5-4-6-12(14)2;1-11-3-7-13(8-4-11)14-9-5-12(2)6-10-14;4*1-7-5-3-2-4-6-7;1-2/h2*4-10H,1-3H3;3-10H,1-2H3;4*2-6H,1H3;1-2H3. The van der Waals surface area contributed by atoms with Crippen LogP contribution in [0.2, 0.25) is 0 Å². The zero-order chi connectivity index (χ0) is 54.1. The van der Waals surface area contributed by atoms with Crippen LogP contribution in [0.3, 0.4) is 0 Å². The maximum absolute atomic E-state index is 2.26. The zero-order valence-electron chi connectivity index (χ0n) is 47.2. The highest BCUT2D eigenvalue weighted by Gasteiger charge is 2.05. The molecule has 0 heteroatoms. The first kappa shape index (κ1) is 60.5. The summed E-state index contributed by atoms with van der Waals surface area (Å²) >= 11 is 0. The van der Waals surface area contributed by atoms with Crippen molar-refractivity contribution in [3.63, 3.8) is 0 Å². The van der Waals surface area contributed by atoms with E-state index in [1.807, 2.05) is 86.6 Å². The van der Waals surface area contributed by atoms with Crippen molar-refractivity contribution in [1.29, 1.82) is 0 Å². The van der Waals surface area contributed by atoms with Gasteiger partial charge in [-0.15, -0.1) is 0 Å². The fourth-order valence-corrected chi connectivity index (χ4v) is 7.43. The van der Waals surface area contributed by atoms with E-state index in [0.29, 0.717) is 0 Å². The van der Waals surface area contributed by atoms with E-state index in [1.54, 1.807) is 0 Å². The average molecular weight is 973 g/mol. The zero-order valence-corrected chi connectivity index (χ0v) is 47.2. The van der Waals surface area contributed by atoms with Crippen LogP contribution in [0.5, 0.6) is 0 Å². The van der Waals surface area contributed by atoms with Crippen LogP contribution in [0.25, 0.3) is 33.4 Å². The van der Waals surface area contributed by atoms with Crippen molar-refractivity contribution in [3.8, 4) is 33.4 Å². The van der Waals surface area contributed by atoms with Crippen molar-refractivity contribution in [2.24, 2.45) is 0 Å². The molecule has 0 aliphatic rings. The summed E-state index contributed by atoms with van der Waals surface area (Å²) in [6.07, 6.45) is 0. The minimum Gasteiger partial charge on any atom is -0.0683 e. The molecule has 0 fully saturated rings. The van der Waals surface area contributed by atoms with Crippen LogP contribution in [0.4, 0.5) is 0 Å².